The number of hydrogen-bond acceptors (Lipinski definition) is 4. The molecule has 2 rings (SSSR count). The Balaban J connectivity index is 2.08. The summed E-state index contributed by atoms with van der Waals surface area (Å²) in [4.78, 5) is 8.79. The van der Waals surface area contributed by atoms with E-state index in [2.05, 4.69) is 40.5 Å². The SMILES string of the molecule is CCC(C)C(C)(O)CNCc1cnc2nc(C)cc(C)n12. The quantitative estimate of drug-likeness (QED) is 0.856. The van der Waals surface area contributed by atoms with Crippen LogP contribution in [0.1, 0.15) is 44.3 Å². The number of aromatic nitrogens is 3. The van der Waals surface area contributed by atoms with Crippen LogP contribution in [0.25, 0.3) is 5.78 Å². The van der Waals surface area contributed by atoms with Gasteiger partial charge in [-0.25, -0.2) is 9.97 Å². The summed E-state index contributed by atoms with van der Waals surface area (Å²) in [6.07, 6.45) is 2.81. The lowest BCUT2D eigenvalue weighted by atomic mass is 9.89. The molecule has 0 aliphatic heterocycles. The monoisotopic (exact) mass is 290 g/mol. The Hall–Kier alpha value is -1.46. The van der Waals surface area contributed by atoms with Crippen LogP contribution in [0.15, 0.2) is 12.3 Å². The molecule has 0 aliphatic rings. The Morgan fingerprint density at radius 1 is 1.43 bits per heavy atom. The van der Waals surface area contributed by atoms with Gasteiger partial charge in [-0.1, -0.05) is 20.3 Å². The van der Waals surface area contributed by atoms with Crippen molar-refractivity contribution in [2.75, 3.05) is 6.54 Å². The molecule has 0 saturated heterocycles. The highest BCUT2D eigenvalue weighted by Crippen LogP contribution is 2.19. The Kier molecular flexibility index (Phi) is 4.64. The fourth-order valence-corrected chi connectivity index (χ4v) is 2.58. The first-order chi connectivity index (χ1) is 9.85. The van der Waals surface area contributed by atoms with Gasteiger partial charge in [-0.05, 0) is 32.8 Å². The Bertz CT molecular complexity index is 618. The van der Waals surface area contributed by atoms with E-state index in [0.717, 1.165) is 29.3 Å². The van der Waals surface area contributed by atoms with Gasteiger partial charge in [-0.3, -0.25) is 4.40 Å². The number of nitrogens with one attached hydrogen (secondary N) is 1. The van der Waals surface area contributed by atoms with E-state index >= 15 is 0 Å². The molecule has 0 aromatic carbocycles. The highest BCUT2D eigenvalue weighted by molar-refractivity contribution is 5.35. The van der Waals surface area contributed by atoms with Crippen molar-refractivity contribution in [3.05, 3.63) is 29.3 Å². The van der Waals surface area contributed by atoms with Crippen LogP contribution in [-0.2, 0) is 6.54 Å². The highest BCUT2D eigenvalue weighted by atomic mass is 16.3. The van der Waals surface area contributed by atoms with E-state index in [1.54, 1.807) is 0 Å². The van der Waals surface area contributed by atoms with Crippen molar-refractivity contribution in [2.24, 2.45) is 5.92 Å². The standard InChI is InChI=1S/C16H26N4O/c1-6-11(2)16(5,21)10-17-8-14-9-18-15-19-12(3)7-13(4)20(14)15/h7,9,11,17,21H,6,8,10H2,1-5H3. The van der Waals surface area contributed by atoms with Crippen LogP contribution in [0.4, 0.5) is 0 Å². The second-order valence-electron chi connectivity index (χ2n) is 6.19. The third-order valence-electron chi connectivity index (χ3n) is 4.33. The molecule has 2 aromatic rings. The van der Waals surface area contributed by atoms with E-state index in [1.807, 2.05) is 26.1 Å². The van der Waals surface area contributed by atoms with Gasteiger partial charge >= 0.3 is 0 Å². The van der Waals surface area contributed by atoms with Gasteiger partial charge < -0.3 is 10.4 Å². The summed E-state index contributed by atoms with van der Waals surface area (Å²) < 4.78 is 2.05. The fourth-order valence-electron chi connectivity index (χ4n) is 2.58. The molecular formula is C16H26N4O. The zero-order valence-corrected chi connectivity index (χ0v) is 13.6. The maximum Gasteiger partial charge on any atom is 0.234 e. The van der Waals surface area contributed by atoms with Gasteiger partial charge in [-0.15, -0.1) is 0 Å². The van der Waals surface area contributed by atoms with Gasteiger partial charge in [0, 0.05) is 24.5 Å². The Morgan fingerprint density at radius 3 is 2.81 bits per heavy atom. The Labute approximate surface area is 126 Å². The first-order valence-electron chi connectivity index (χ1n) is 7.59. The average Bonchev–Trinajstić information content (AvgIpc) is 2.80. The minimum Gasteiger partial charge on any atom is -0.389 e. The molecule has 116 valence electrons. The van der Waals surface area contributed by atoms with Crippen LogP contribution in [0.5, 0.6) is 0 Å². The summed E-state index contributed by atoms with van der Waals surface area (Å²) >= 11 is 0. The molecule has 2 aromatic heterocycles. The van der Waals surface area contributed by atoms with E-state index in [0.29, 0.717) is 13.1 Å². The van der Waals surface area contributed by atoms with Crippen molar-refractivity contribution in [3.63, 3.8) is 0 Å². The number of rotatable bonds is 6. The molecular weight excluding hydrogens is 264 g/mol. The van der Waals surface area contributed by atoms with Gasteiger partial charge in [0.2, 0.25) is 5.78 Å². The topological polar surface area (TPSA) is 62.5 Å². The van der Waals surface area contributed by atoms with Gasteiger partial charge in [0.25, 0.3) is 0 Å². The predicted molar refractivity (Wildman–Crippen MR) is 84.2 cm³/mol. The second-order valence-corrected chi connectivity index (χ2v) is 6.19. The molecule has 0 amide bonds. The number of aryl methyl sites for hydroxylation is 2. The van der Waals surface area contributed by atoms with Crippen molar-refractivity contribution >= 4 is 5.78 Å². The number of fused-ring (bicyclic) bond motifs is 1. The summed E-state index contributed by atoms with van der Waals surface area (Å²) in [5.41, 5.74) is 2.47. The largest absolute Gasteiger partial charge is 0.389 e. The molecule has 0 saturated carbocycles. The zero-order valence-electron chi connectivity index (χ0n) is 13.6. The van der Waals surface area contributed by atoms with E-state index in [4.69, 9.17) is 0 Å². The summed E-state index contributed by atoms with van der Waals surface area (Å²) in [6, 6.07) is 2.05. The first kappa shape index (κ1) is 15.9. The van der Waals surface area contributed by atoms with E-state index in [9.17, 15) is 5.11 Å². The lowest BCUT2D eigenvalue weighted by Gasteiger charge is -2.29. The van der Waals surface area contributed by atoms with Crippen molar-refractivity contribution in [1.82, 2.24) is 19.7 Å². The van der Waals surface area contributed by atoms with Crippen LogP contribution in [0, 0.1) is 19.8 Å². The Morgan fingerprint density at radius 2 is 2.14 bits per heavy atom. The molecule has 0 bridgehead atoms. The van der Waals surface area contributed by atoms with E-state index in [1.165, 1.54) is 0 Å². The van der Waals surface area contributed by atoms with Gasteiger partial charge in [-0.2, -0.15) is 0 Å². The molecule has 5 heteroatoms. The zero-order chi connectivity index (χ0) is 15.6. The summed E-state index contributed by atoms with van der Waals surface area (Å²) in [5, 5.41) is 13.8. The third-order valence-corrected chi connectivity index (χ3v) is 4.33. The third kappa shape index (κ3) is 3.41. The van der Waals surface area contributed by atoms with Crippen molar-refractivity contribution in [1.29, 1.82) is 0 Å². The number of hydrogen-bond donors (Lipinski definition) is 2. The average molecular weight is 290 g/mol. The molecule has 21 heavy (non-hydrogen) atoms. The van der Waals surface area contributed by atoms with Crippen LogP contribution in [0.3, 0.4) is 0 Å². The van der Waals surface area contributed by atoms with Crippen molar-refractivity contribution in [2.45, 2.75) is 53.2 Å². The molecule has 5 nitrogen and oxygen atoms in total. The van der Waals surface area contributed by atoms with E-state index in [-0.39, 0.29) is 5.92 Å². The van der Waals surface area contributed by atoms with Crippen molar-refractivity contribution in [3.8, 4) is 0 Å². The maximum absolute atomic E-state index is 10.4. The molecule has 2 N–H and O–H groups in total. The lowest BCUT2D eigenvalue weighted by Crippen LogP contribution is -2.42. The number of imidazole rings is 1. The minimum absolute atomic E-state index is 0.262. The van der Waals surface area contributed by atoms with Crippen LogP contribution in [-0.4, -0.2) is 31.6 Å². The summed E-state index contributed by atoms with van der Waals surface area (Å²) in [5.74, 6) is 0.997. The normalized spacial score (nSPS) is 16.1. The van der Waals surface area contributed by atoms with Gasteiger partial charge in [0.05, 0.1) is 17.5 Å². The number of aliphatic hydroxyl groups is 1. The highest BCUT2D eigenvalue weighted by Gasteiger charge is 2.26. The molecule has 0 spiro atoms. The second kappa shape index (κ2) is 6.12. The van der Waals surface area contributed by atoms with E-state index < -0.39 is 5.60 Å². The van der Waals surface area contributed by atoms with Crippen LogP contribution < -0.4 is 5.32 Å². The lowest BCUT2D eigenvalue weighted by molar-refractivity contribution is 0.00527. The molecule has 0 aliphatic carbocycles. The van der Waals surface area contributed by atoms with Crippen molar-refractivity contribution < 1.29 is 5.11 Å². The van der Waals surface area contributed by atoms with Crippen LogP contribution >= 0.6 is 0 Å². The smallest absolute Gasteiger partial charge is 0.234 e. The summed E-state index contributed by atoms with van der Waals surface area (Å²) in [6.45, 7) is 11.3. The predicted octanol–water partition coefficient (Wildman–Crippen LogP) is 2.23. The maximum atomic E-state index is 10.4. The van der Waals surface area contributed by atoms with Crippen LogP contribution in [0.2, 0.25) is 0 Å². The first-order valence-corrected chi connectivity index (χ1v) is 7.59. The number of nitrogens with zero attached hydrogens (tertiary/aromatic N) is 3. The minimum atomic E-state index is -0.695. The van der Waals surface area contributed by atoms with Gasteiger partial charge in [0.15, 0.2) is 0 Å². The molecule has 2 heterocycles. The molecule has 0 fully saturated rings. The van der Waals surface area contributed by atoms with Gasteiger partial charge in [0.1, 0.15) is 0 Å². The molecule has 2 atom stereocenters. The summed E-state index contributed by atoms with van der Waals surface area (Å²) in [7, 11) is 0. The molecule has 2 unspecified atom stereocenters. The molecule has 0 radical (unpaired) electrons. The fraction of sp³-hybridized carbons (Fsp3) is 0.625.